The van der Waals surface area contributed by atoms with Crippen molar-refractivity contribution in [2.24, 2.45) is 5.73 Å². The molecule has 0 spiro atoms. The molecule has 0 heterocycles. The fraction of sp³-hybridized carbons (Fsp3) is 0.462. The highest BCUT2D eigenvalue weighted by atomic mass is 35.5. The van der Waals surface area contributed by atoms with Crippen molar-refractivity contribution in [3.05, 3.63) is 35.4 Å². The Morgan fingerprint density at radius 2 is 1.94 bits per heavy atom. The molecule has 0 aromatic heterocycles. The minimum Gasteiger partial charge on any atom is -0.380 e. The van der Waals surface area contributed by atoms with E-state index in [0.29, 0.717) is 25.3 Å². The number of rotatable bonds is 7. The molecule has 0 bridgehead atoms. The number of benzene rings is 1. The summed E-state index contributed by atoms with van der Waals surface area (Å²) in [5.41, 5.74) is 7.12. The Bertz CT molecular complexity index is 341. The number of halogens is 1. The second-order valence-corrected chi connectivity index (χ2v) is 3.88. The summed E-state index contributed by atoms with van der Waals surface area (Å²) in [6, 6.07) is 7.43. The highest BCUT2D eigenvalue weighted by molar-refractivity contribution is 5.94. The molecule has 1 amide bonds. The fourth-order valence-corrected chi connectivity index (χ4v) is 1.49. The average molecular weight is 273 g/mol. The van der Waals surface area contributed by atoms with Crippen LogP contribution in [0, 0.1) is 0 Å². The Morgan fingerprint density at radius 3 is 2.50 bits per heavy atom. The van der Waals surface area contributed by atoms with Crippen LogP contribution in [0.5, 0.6) is 0 Å². The molecule has 3 N–H and O–H groups in total. The number of methoxy groups -OCH3 is 1. The van der Waals surface area contributed by atoms with Crippen molar-refractivity contribution in [1.82, 2.24) is 5.32 Å². The first kappa shape index (κ1) is 16.9. The predicted octanol–water partition coefficient (Wildman–Crippen LogP) is 1.72. The number of carbonyl (C=O) groups excluding carboxylic acids is 1. The van der Waals surface area contributed by atoms with Crippen molar-refractivity contribution in [1.29, 1.82) is 0 Å². The van der Waals surface area contributed by atoms with Gasteiger partial charge >= 0.3 is 0 Å². The third kappa shape index (κ3) is 6.00. The Hall–Kier alpha value is -1.10. The predicted molar refractivity (Wildman–Crippen MR) is 75.0 cm³/mol. The van der Waals surface area contributed by atoms with Gasteiger partial charge in [-0.15, -0.1) is 12.4 Å². The molecule has 0 aliphatic heterocycles. The molecule has 18 heavy (non-hydrogen) atoms. The van der Waals surface area contributed by atoms with Crippen LogP contribution in [0.15, 0.2) is 24.3 Å². The van der Waals surface area contributed by atoms with Crippen molar-refractivity contribution in [2.45, 2.75) is 19.4 Å². The van der Waals surface area contributed by atoms with Crippen molar-refractivity contribution in [3.8, 4) is 0 Å². The Balaban J connectivity index is 0.00000289. The van der Waals surface area contributed by atoms with Crippen molar-refractivity contribution < 1.29 is 9.53 Å². The lowest BCUT2D eigenvalue weighted by Crippen LogP contribution is -2.24. The van der Waals surface area contributed by atoms with Gasteiger partial charge in [-0.05, 0) is 37.1 Å². The van der Waals surface area contributed by atoms with Crippen LogP contribution in [-0.4, -0.2) is 26.1 Å². The molecule has 1 aromatic carbocycles. The number of hydrogen-bond donors (Lipinski definition) is 2. The van der Waals surface area contributed by atoms with E-state index in [0.717, 1.165) is 18.4 Å². The molecule has 4 nitrogen and oxygen atoms in total. The number of nitrogens with one attached hydrogen (secondary N) is 1. The first-order valence-electron chi connectivity index (χ1n) is 5.84. The largest absolute Gasteiger partial charge is 0.380 e. The van der Waals surface area contributed by atoms with E-state index in [1.54, 1.807) is 7.11 Å². The van der Waals surface area contributed by atoms with E-state index < -0.39 is 0 Å². The van der Waals surface area contributed by atoms with Gasteiger partial charge in [-0.3, -0.25) is 4.79 Å². The highest BCUT2D eigenvalue weighted by Crippen LogP contribution is 2.05. The standard InChI is InChI=1S/C13H20N2O2.ClH/c1-17-10-11-4-6-12(7-5-11)13(16)15-9-3-2-8-14;/h4-7H,2-3,8-10,14H2,1H3,(H,15,16);1H. The second kappa shape index (κ2) is 9.88. The molecule has 0 atom stereocenters. The number of ether oxygens (including phenoxy) is 1. The zero-order valence-electron chi connectivity index (χ0n) is 10.6. The Morgan fingerprint density at radius 1 is 1.28 bits per heavy atom. The SMILES string of the molecule is COCc1ccc(C(=O)NCCCCN)cc1.Cl. The molecule has 0 unspecified atom stereocenters. The topological polar surface area (TPSA) is 64.3 Å². The smallest absolute Gasteiger partial charge is 0.251 e. The summed E-state index contributed by atoms with van der Waals surface area (Å²) in [4.78, 5) is 11.7. The second-order valence-electron chi connectivity index (χ2n) is 3.88. The van der Waals surface area contributed by atoms with Crippen molar-refractivity contribution in [3.63, 3.8) is 0 Å². The van der Waals surface area contributed by atoms with E-state index >= 15 is 0 Å². The molecule has 1 rings (SSSR count). The van der Waals surface area contributed by atoms with Gasteiger partial charge < -0.3 is 15.8 Å². The maximum atomic E-state index is 11.7. The molecule has 1 aromatic rings. The third-order valence-electron chi connectivity index (χ3n) is 2.44. The van der Waals surface area contributed by atoms with E-state index in [4.69, 9.17) is 10.5 Å². The number of amides is 1. The zero-order valence-corrected chi connectivity index (χ0v) is 11.5. The van der Waals surface area contributed by atoms with E-state index in [1.807, 2.05) is 24.3 Å². The molecule has 0 aliphatic rings. The highest BCUT2D eigenvalue weighted by Gasteiger charge is 2.03. The summed E-state index contributed by atoms with van der Waals surface area (Å²) in [7, 11) is 1.65. The molecular formula is C13H21ClN2O2. The molecule has 0 aliphatic carbocycles. The number of unbranched alkanes of at least 4 members (excludes halogenated alkanes) is 1. The third-order valence-corrected chi connectivity index (χ3v) is 2.44. The molecule has 0 fully saturated rings. The quantitative estimate of drug-likeness (QED) is 0.743. The number of carbonyl (C=O) groups is 1. The van der Waals surface area contributed by atoms with Gasteiger partial charge in [0.1, 0.15) is 0 Å². The van der Waals surface area contributed by atoms with Gasteiger partial charge in [-0.1, -0.05) is 12.1 Å². The van der Waals surface area contributed by atoms with Gasteiger partial charge in [-0.25, -0.2) is 0 Å². The van der Waals surface area contributed by atoms with Crippen LogP contribution in [0.25, 0.3) is 0 Å². The van der Waals surface area contributed by atoms with E-state index in [2.05, 4.69) is 5.32 Å². The van der Waals surface area contributed by atoms with E-state index in [9.17, 15) is 4.79 Å². The van der Waals surface area contributed by atoms with Gasteiger partial charge in [-0.2, -0.15) is 0 Å². The summed E-state index contributed by atoms with van der Waals surface area (Å²) >= 11 is 0. The molecule has 102 valence electrons. The van der Waals surface area contributed by atoms with Crippen LogP contribution in [0.1, 0.15) is 28.8 Å². The van der Waals surface area contributed by atoms with Gasteiger partial charge in [0.05, 0.1) is 6.61 Å². The van der Waals surface area contributed by atoms with Crippen LogP contribution in [0.2, 0.25) is 0 Å². The summed E-state index contributed by atoms with van der Waals surface area (Å²) in [5, 5.41) is 2.86. The molecule has 0 radical (unpaired) electrons. The number of nitrogens with two attached hydrogens (primary N) is 1. The normalized spacial score (nSPS) is 9.67. The molecule has 0 saturated heterocycles. The van der Waals surface area contributed by atoms with Gasteiger partial charge in [0.2, 0.25) is 0 Å². The van der Waals surface area contributed by atoms with Crippen molar-refractivity contribution in [2.75, 3.05) is 20.2 Å². The molecular weight excluding hydrogens is 252 g/mol. The van der Waals surface area contributed by atoms with Gasteiger partial charge in [0.25, 0.3) is 5.91 Å². The molecule has 0 saturated carbocycles. The van der Waals surface area contributed by atoms with Crippen molar-refractivity contribution >= 4 is 18.3 Å². The zero-order chi connectivity index (χ0) is 12.5. The van der Waals surface area contributed by atoms with Gasteiger partial charge in [0, 0.05) is 19.2 Å². The van der Waals surface area contributed by atoms with E-state index in [1.165, 1.54) is 0 Å². The maximum absolute atomic E-state index is 11.7. The lowest BCUT2D eigenvalue weighted by Gasteiger charge is -2.05. The van der Waals surface area contributed by atoms with Crippen LogP contribution in [0.3, 0.4) is 0 Å². The maximum Gasteiger partial charge on any atom is 0.251 e. The first-order valence-corrected chi connectivity index (χ1v) is 5.84. The number of hydrogen-bond acceptors (Lipinski definition) is 3. The lowest BCUT2D eigenvalue weighted by molar-refractivity contribution is 0.0953. The Kier molecular flexibility index (Phi) is 9.28. The first-order chi connectivity index (χ1) is 8.27. The minimum atomic E-state index is -0.0361. The van der Waals surface area contributed by atoms with E-state index in [-0.39, 0.29) is 18.3 Å². The van der Waals surface area contributed by atoms with Crippen LogP contribution in [-0.2, 0) is 11.3 Å². The van der Waals surface area contributed by atoms with Crippen LogP contribution in [0.4, 0.5) is 0 Å². The Labute approximate surface area is 114 Å². The van der Waals surface area contributed by atoms with Crippen LogP contribution < -0.4 is 11.1 Å². The van der Waals surface area contributed by atoms with Gasteiger partial charge in [0.15, 0.2) is 0 Å². The summed E-state index contributed by atoms with van der Waals surface area (Å²) in [6.07, 6.45) is 1.86. The monoisotopic (exact) mass is 272 g/mol. The van der Waals surface area contributed by atoms with Crippen LogP contribution >= 0.6 is 12.4 Å². The minimum absolute atomic E-state index is 0. The fourth-order valence-electron chi connectivity index (χ4n) is 1.49. The lowest BCUT2D eigenvalue weighted by atomic mass is 10.1. The molecule has 5 heteroatoms. The summed E-state index contributed by atoms with van der Waals surface area (Å²) < 4.78 is 5.01. The summed E-state index contributed by atoms with van der Waals surface area (Å²) in [5.74, 6) is -0.0361. The summed E-state index contributed by atoms with van der Waals surface area (Å²) in [6.45, 7) is 1.91. The average Bonchev–Trinajstić information content (AvgIpc) is 2.36.